The standard InChI is InChI=1S/C22H20BrN3O3/c1-13-8-17-20(19(23)9-13)18-10-24-25(11-15-4-6-16(29-3)7-5-15)21(18)26(22(17)28)14(2)12-27/h4-10,12,14H,11H2,1-3H3. The molecule has 0 aliphatic rings. The lowest BCUT2D eigenvalue weighted by atomic mass is 10.1. The monoisotopic (exact) mass is 453 g/mol. The number of hydrogen-bond donors (Lipinski definition) is 0. The predicted molar refractivity (Wildman–Crippen MR) is 117 cm³/mol. The molecule has 148 valence electrons. The molecule has 0 bridgehead atoms. The van der Waals surface area contributed by atoms with Gasteiger partial charge in [0.1, 0.15) is 17.7 Å². The summed E-state index contributed by atoms with van der Waals surface area (Å²) in [6, 6.07) is 10.9. The Labute approximate surface area is 175 Å². The molecular weight excluding hydrogens is 434 g/mol. The molecule has 0 saturated heterocycles. The van der Waals surface area contributed by atoms with Crippen LogP contribution in [0.5, 0.6) is 5.75 Å². The van der Waals surface area contributed by atoms with E-state index in [0.29, 0.717) is 17.6 Å². The number of aromatic nitrogens is 3. The quantitative estimate of drug-likeness (QED) is 0.423. The number of aryl methyl sites for hydroxylation is 1. The Hall–Kier alpha value is -2.93. The molecule has 0 amide bonds. The number of ether oxygens (including phenoxy) is 1. The van der Waals surface area contributed by atoms with Gasteiger partial charge in [0.2, 0.25) is 0 Å². The average molecular weight is 454 g/mol. The second-order valence-electron chi connectivity index (χ2n) is 7.11. The highest BCUT2D eigenvalue weighted by molar-refractivity contribution is 9.10. The molecule has 0 saturated carbocycles. The molecule has 6 nitrogen and oxygen atoms in total. The lowest BCUT2D eigenvalue weighted by Gasteiger charge is -2.16. The third-order valence-corrected chi connectivity index (χ3v) is 5.71. The van der Waals surface area contributed by atoms with E-state index < -0.39 is 6.04 Å². The molecule has 7 heteroatoms. The van der Waals surface area contributed by atoms with Gasteiger partial charge in [0.15, 0.2) is 0 Å². The van der Waals surface area contributed by atoms with Crippen molar-refractivity contribution < 1.29 is 9.53 Å². The van der Waals surface area contributed by atoms with Crippen molar-refractivity contribution in [3.8, 4) is 5.75 Å². The van der Waals surface area contributed by atoms with E-state index in [0.717, 1.165) is 38.4 Å². The summed E-state index contributed by atoms with van der Waals surface area (Å²) in [6.45, 7) is 4.12. The maximum absolute atomic E-state index is 13.4. The molecule has 0 aliphatic carbocycles. The highest BCUT2D eigenvalue weighted by Gasteiger charge is 2.20. The molecule has 2 aromatic heterocycles. The van der Waals surface area contributed by atoms with Crippen LogP contribution >= 0.6 is 15.9 Å². The van der Waals surface area contributed by atoms with E-state index in [2.05, 4.69) is 21.0 Å². The van der Waals surface area contributed by atoms with Crippen LogP contribution < -0.4 is 10.3 Å². The van der Waals surface area contributed by atoms with Crippen molar-refractivity contribution in [2.24, 2.45) is 0 Å². The van der Waals surface area contributed by atoms with Gasteiger partial charge in [-0.1, -0.05) is 28.1 Å². The molecule has 2 aromatic carbocycles. The smallest absolute Gasteiger partial charge is 0.260 e. The first-order valence-corrected chi connectivity index (χ1v) is 10.0. The van der Waals surface area contributed by atoms with Gasteiger partial charge in [0, 0.05) is 20.6 Å². The van der Waals surface area contributed by atoms with Crippen molar-refractivity contribution in [2.45, 2.75) is 26.4 Å². The van der Waals surface area contributed by atoms with Crippen molar-refractivity contribution >= 4 is 44.0 Å². The van der Waals surface area contributed by atoms with Crippen LogP contribution in [0.25, 0.3) is 21.8 Å². The number of aldehydes is 1. The SMILES string of the molecule is COc1ccc(Cn2ncc3c4c(Br)cc(C)cc4c(=O)n(C(C)C=O)c32)cc1. The number of nitrogens with zero attached hydrogens (tertiary/aromatic N) is 3. The minimum absolute atomic E-state index is 0.201. The molecule has 0 spiro atoms. The zero-order chi connectivity index (χ0) is 20.7. The second kappa shape index (κ2) is 7.48. The van der Waals surface area contributed by atoms with Crippen LogP contribution in [0.2, 0.25) is 0 Å². The van der Waals surface area contributed by atoms with Gasteiger partial charge in [-0.05, 0) is 49.2 Å². The minimum atomic E-state index is -0.611. The number of carbonyl (C=O) groups excluding carboxylic acids is 1. The maximum Gasteiger partial charge on any atom is 0.260 e. The van der Waals surface area contributed by atoms with E-state index in [1.165, 1.54) is 4.57 Å². The van der Waals surface area contributed by atoms with E-state index in [4.69, 9.17) is 4.74 Å². The number of carbonyl (C=O) groups is 1. The summed E-state index contributed by atoms with van der Waals surface area (Å²) < 4.78 is 9.35. The minimum Gasteiger partial charge on any atom is -0.497 e. The Morgan fingerprint density at radius 2 is 1.93 bits per heavy atom. The van der Waals surface area contributed by atoms with E-state index in [1.54, 1.807) is 24.9 Å². The lowest BCUT2D eigenvalue weighted by Crippen LogP contribution is -2.26. The molecule has 0 N–H and O–H groups in total. The zero-order valence-electron chi connectivity index (χ0n) is 16.3. The Bertz CT molecular complexity index is 1290. The number of halogens is 1. The predicted octanol–water partition coefficient (Wildman–Crippen LogP) is 4.24. The third-order valence-electron chi connectivity index (χ3n) is 5.09. The van der Waals surface area contributed by atoms with Gasteiger partial charge in [-0.2, -0.15) is 5.10 Å². The van der Waals surface area contributed by atoms with Crippen LogP contribution in [0.4, 0.5) is 0 Å². The number of pyridine rings is 1. The fraction of sp³-hybridized carbons (Fsp3) is 0.227. The Kier molecular flexibility index (Phi) is 5.00. The average Bonchev–Trinajstić information content (AvgIpc) is 3.11. The normalized spacial score (nSPS) is 12.4. The summed E-state index contributed by atoms with van der Waals surface area (Å²) in [6.07, 6.45) is 2.54. The molecule has 1 unspecified atom stereocenters. The van der Waals surface area contributed by atoms with E-state index in [1.807, 2.05) is 43.3 Å². The summed E-state index contributed by atoms with van der Waals surface area (Å²) in [4.78, 5) is 25.0. The molecule has 0 fully saturated rings. The first kappa shape index (κ1) is 19.4. The molecule has 0 aliphatic heterocycles. The summed E-state index contributed by atoms with van der Waals surface area (Å²) in [5, 5.41) is 6.76. The molecule has 29 heavy (non-hydrogen) atoms. The van der Waals surface area contributed by atoms with Crippen molar-refractivity contribution in [3.05, 3.63) is 68.5 Å². The number of benzene rings is 2. The first-order chi connectivity index (χ1) is 13.9. The Morgan fingerprint density at radius 3 is 2.59 bits per heavy atom. The van der Waals surface area contributed by atoms with Crippen molar-refractivity contribution in [2.75, 3.05) is 7.11 Å². The van der Waals surface area contributed by atoms with Gasteiger partial charge in [0.05, 0.1) is 25.9 Å². The van der Waals surface area contributed by atoms with Gasteiger partial charge < -0.3 is 9.53 Å². The van der Waals surface area contributed by atoms with Crippen molar-refractivity contribution in [3.63, 3.8) is 0 Å². The van der Waals surface area contributed by atoms with Crippen LogP contribution in [-0.4, -0.2) is 27.7 Å². The van der Waals surface area contributed by atoms with Crippen LogP contribution in [0.1, 0.15) is 24.1 Å². The van der Waals surface area contributed by atoms with Gasteiger partial charge in [0.25, 0.3) is 5.56 Å². The van der Waals surface area contributed by atoms with Gasteiger partial charge >= 0.3 is 0 Å². The van der Waals surface area contributed by atoms with Gasteiger partial charge in [-0.15, -0.1) is 0 Å². The molecule has 2 heterocycles. The van der Waals surface area contributed by atoms with Crippen LogP contribution in [-0.2, 0) is 11.3 Å². The second-order valence-corrected chi connectivity index (χ2v) is 7.96. The summed E-state index contributed by atoms with van der Waals surface area (Å²) >= 11 is 3.61. The highest BCUT2D eigenvalue weighted by Crippen LogP contribution is 2.32. The molecule has 4 aromatic rings. The summed E-state index contributed by atoms with van der Waals surface area (Å²) in [5.41, 5.74) is 2.41. The van der Waals surface area contributed by atoms with Crippen LogP contribution in [0.3, 0.4) is 0 Å². The molecule has 0 radical (unpaired) electrons. The van der Waals surface area contributed by atoms with Gasteiger partial charge in [-0.3, -0.25) is 9.36 Å². The lowest BCUT2D eigenvalue weighted by molar-refractivity contribution is -0.110. The number of hydrogen-bond acceptors (Lipinski definition) is 4. The number of fused-ring (bicyclic) bond motifs is 3. The maximum atomic E-state index is 13.4. The zero-order valence-corrected chi connectivity index (χ0v) is 17.9. The fourth-order valence-corrected chi connectivity index (χ4v) is 4.47. The van der Waals surface area contributed by atoms with E-state index >= 15 is 0 Å². The van der Waals surface area contributed by atoms with Crippen molar-refractivity contribution in [1.29, 1.82) is 0 Å². The fourth-order valence-electron chi connectivity index (χ4n) is 3.68. The summed E-state index contributed by atoms with van der Waals surface area (Å²) in [5.74, 6) is 0.774. The number of methoxy groups -OCH3 is 1. The highest BCUT2D eigenvalue weighted by atomic mass is 79.9. The molecule has 1 atom stereocenters. The third kappa shape index (κ3) is 3.25. The molecule has 4 rings (SSSR count). The van der Waals surface area contributed by atoms with E-state index in [9.17, 15) is 9.59 Å². The molecular formula is C22H20BrN3O3. The Balaban J connectivity index is 2.02. The Morgan fingerprint density at radius 1 is 1.21 bits per heavy atom. The van der Waals surface area contributed by atoms with Gasteiger partial charge in [-0.25, -0.2) is 4.68 Å². The number of rotatable bonds is 5. The van der Waals surface area contributed by atoms with Crippen LogP contribution in [0, 0.1) is 6.92 Å². The van der Waals surface area contributed by atoms with Crippen LogP contribution in [0.15, 0.2) is 51.9 Å². The summed E-state index contributed by atoms with van der Waals surface area (Å²) in [7, 11) is 1.63. The van der Waals surface area contributed by atoms with E-state index in [-0.39, 0.29) is 5.56 Å². The topological polar surface area (TPSA) is 66.1 Å². The largest absolute Gasteiger partial charge is 0.497 e. The first-order valence-electron chi connectivity index (χ1n) is 9.22. The van der Waals surface area contributed by atoms with Crippen molar-refractivity contribution in [1.82, 2.24) is 14.3 Å².